The Kier molecular flexibility index (Phi) is 8.46. The number of amides is 1. The first-order valence-corrected chi connectivity index (χ1v) is 12.2. The van der Waals surface area contributed by atoms with E-state index in [1.807, 2.05) is 18.4 Å². The Labute approximate surface area is 188 Å². The van der Waals surface area contributed by atoms with E-state index in [9.17, 15) is 9.59 Å². The summed E-state index contributed by atoms with van der Waals surface area (Å²) in [5, 5.41) is 5.29. The molecule has 7 heteroatoms. The number of thiazole rings is 1. The molecular weight excluding hydrogens is 410 g/mol. The Balaban J connectivity index is 1.78. The highest BCUT2D eigenvalue weighted by atomic mass is 32.1. The zero-order chi connectivity index (χ0) is 22.2. The third-order valence-electron chi connectivity index (χ3n) is 5.68. The highest BCUT2D eigenvalue weighted by Crippen LogP contribution is 2.28. The van der Waals surface area contributed by atoms with Crippen molar-refractivity contribution in [1.82, 2.24) is 14.9 Å². The van der Waals surface area contributed by atoms with Gasteiger partial charge in [0.25, 0.3) is 5.91 Å². The summed E-state index contributed by atoms with van der Waals surface area (Å²) >= 11 is 1.27. The maximum atomic E-state index is 12.9. The van der Waals surface area contributed by atoms with Gasteiger partial charge in [0, 0.05) is 24.2 Å². The molecule has 2 aromatic rings. The molecule has 2 heterocycles. The van der Waals surface area contributed by atoms with Crippen LogP contribution in [0.4, 0.5) is 0 Å². The quantitative estimate of drug-likeness (QED) is 0.388. The molecule has 0 saturated heterocycles. The van der Waals surface area contributed by atoms with Crippen molar-refractivity contribution in [1.29, 1.82) is 0 Å². The fourth-order valence-corrected chi connectivity index (χ4v) is 4.64. The average Bonchev–Trinajstić information content (AvgIpc) is 3.38. The predicted molar refractivity (Wildman–Crippen MR) is 125 cm³/mol. The van der Waals surface area contributed by atoms with E-state index in [4.69, 9.17) is 4.74 Å². The van der Waals surface area contributed by atoms with E-state index in [2.05, 4.69) is 27.9 Å². The first-order chi connectivity index (χ1) is 15.0. The molecule has 2 aromatic heterocycles. The van der Waals surface area contributed by atoms with E-state index in [0.717, 1.165) is 50.0 Å². The molecule has 1 amide bonds. The monoisotopic (exact) mass is 443 g/mol. The van der Waals surface area contributed by atoms with Crippen LogP contribution in [-0.4, -0.2) is 34.6 Å². The van der Waals surface area contributed by atoms with Crippen molar-refractivity contribution >= 4 is 23.2 Å². The smallest absolute Gasteiger partial charge is 0.367 e. The molecule has 6 nitrogen and oxygen atoms in total. The van der Waals surface area contributed by atoms with E-state index in [1.165, 1.54) is 29.8 Å². The maximum absolute atomic E-state index is 12.9. The van der Waals surface area contributed by atoms with E-state index >= 15 is 0 Å². The molecule has 0 aromatic carbocycles. The molecule has 0 bridgehead atoms. The molecule has 0 radical (unpaired) electrons. The summed E-state index contributed by atoms with van der Waals surface area (Å²) in [5.74, 6) is -0.455. The maximum Gasteiger partial charge on any atom is 0.367 e. The molecule has 3 rings (SSSR count). The van der Waals surface area contributed by atoms with Crippen LogP contribution in [0, 0.1) is 6.92 Å². The largest absolute Gasteiger partial charge is 0.461 e. The van der Waals surface area contributed by atoms with Gasteiger partial charge in [-0.1, -0.05) is 25.0 Å². The fourth-order valence-electron chi connectivity index (χ4n) is 3.93. The molecule has 0 fully saturated rings. The third kappa shape index (κ3) is 5.85. The van der Waals surface area contributed by atoms with Crippen LogP contribution in [0.25, 0.3) is 11.4 Å². The number of aromatic nitrogens is 2. The number of carbonyl (C=O) groups is 2. The van der Waals surface area contributed by atoms with Crippen LogP contribution < -0.4 is 5.32 Å². The molecule has 0 unspecified atom stereocenters. The van der Waals surface area contributed by atoms with Crippen molar-refractivity contribution in [2.75, 3.05) is 13.2 Å². The summed E-state index contributed by atoms with van der Waals surface area (Å²) in [7, 11) is 0. The number of allylic oxidation sites excluding steroid dienone is 1. The van der Waals surface area contributed by atoms with Crippen molar-refractivity contribution in [3.05, 3.63) is 39.4 Å². The second-order valence-electron chi connectivity index (χ2n) is 7.91. The van der Waals surface area contributed by atoms with Crippen LogP contribution in [0.5, 0.6) is 0 Å². The van der Waals surface area contributed by atoms with Crippen molar-refractivity contribution in [3.8, 4) is 11.4 Å². The topological polar surface area (TPSA) is 73.2 Å². The number of nitrogens with one attached hydrogen (secondary N) is 1. The van der Waals surface area contributed by atoms with Gasteiger partial charge < -0.3 is 14.6 Å². The van der Waals surface area contributed by atoms with Crippen LogP contribution in [-0.2, 0) is 11.3 Å². The number of carbonyl (C=O) groups excluding carboxylic acids is 2. The number of hydrogen-bond donors (Lipinski definition) is 1. The lowest BCUT2D eigenvalue weighted by Gasteiger charge is -2.13. The minimum atomic E-state index is -0.405. The van der Waals surface area contributed by atoms with Gasteiger partial charge in [0.2, 0.25) is 5.01 Å². The molecule has 168 valence electrons. The minimum Gasteiger partial charge on any atom is -0.461 e. The van der Waals surface area contributed by atoms with Gasteiger partial charge in [-0.15, -0.1) is 11.3 Å². The normalized spacial score (nSPS) is 13.7. The number of esters is 1. The van der Waals surface area contributed by atoms with Gasteiger partial charge in [0.05, 0.1) is 23.6 Å². The number of unbranched alkanes of at least 4 members (excludes halogenated alkanes) is 1. The highest BCUT2D eigenvalue weighted by molar-refractivity contribution is 7.11. The van der Waals surface area contributed by atoms with E-state index < -0.39 is 5.97 Å². The van der Waals surface area contributed by atoms with Gasteiger partial charge in [-0.3, -0.25) is 4.79 Å². The van der Waals surface area contributed by atoms with E-state index in [-0.39, 0.29) is 5.91 Å². The molecule has 0 atom stereocenters. The summed E-state index contributed by atoms with van der Waals surface area (Å²) in [5.41, 5.74) is 4.65. The lowest BCUT2D eigenvalue weighted by Crippen LogP contribution is -2.25. The van der Waals surface area contributed by atoms with Crippen LogP contribution in [0.2, 0.25) is 0 Å². The van der Waals surface area contributed by atoms with Crippen molar-refractivity contribution in [2.45, 2.75) is 72.3 Å². The molecule has 0 saturated carbocycles. The predicted octanol–water partition coefficient (Wildman–Crippen LogP) is 5.52. The van der Waals surface area contributed by atoms with Gasteiger partial charge in [-0.2, -0.15) is 0 Å². The summed E-state index contributed by atoms with van der Waals surface area (Å²) in [6, 6.07) is 1.91. The minimum absolute atomic E-state index is 0.0498. The van der Waals surface area contributed by atoms with Crippen LogP contribution in [0.15, 0.2) is 23.1 Å². The van der Waals surface area contributed by atoms with Gasteiger partial charge in [-0.05, 0) is 58.4 Å². The second-order valence-corrected chi connectivity index (χ2v) is 8.76. The van der Waals surface area contributed by atoms with Gasteiger partial charge >= 0.3 is 5.97 Å². The molecule has 1 N–H and O–H groups in total. The third-order valence-corrected chi connectivity index (χ3v) is 6.50. The Morgan fingerprint density at radius 2 is 2.13 bits per heavy atom. The molecule has 0 spiro atoms. The molecule has 31 heavy (non-hydrogen) atoms. The van der Waals surface area contributed by atoms with Crippen LogP contribution in [0.3, 0.4) is 0 Å². The van der Waals surface area contributed by atoms with Gasteiger partial charge in [0.1, 0.15) is 0 Å². The molecule has 1 aliphatic carbocycles. The zero-order valence-corrected chi connectivity index (χ0v) is 19.6. The number of hydrogen-bond acceptors (Lipinski definition) is 5. The fraction of sp³-hybridized carbons (Fsp3) is 0.542. The lowest BCUT2D eigenvalue weighted by molar-refractivity contribution is 0.0526. The number of rotatable bonds is 10. The Morgan fingerprint density at radius 1 is 1.29 bits per heavy atom. The first-order valence-electron chi connectivity index (χ1n) is 11.3. The van der Waals surface area contributed by atoms with Gasteiger partial charge in [-0.25, -0.2) is 9.78 Å². The van der Waals surface area contributed by atoms with Crippen LogP contribution >= 0.6 is 11.3 Å². The second kappa shape index (κ2) is 11.3. The number of ether oxygens (including phenoxy) is 1. The molecular formula is C24H33N3O3S. The highest BCUT2D eigenvalue weighted by Gasteiger charge is 2.21. The Hall–Kier alpha value is -2.41. The average molecular weight is 444 g/mol. The lowest BCUT2D eigenvalue weighted by atomic mass is 9.97. The summed E-state index contributed by atoms with van der Waals surface area (Å²) in [6.45, 7) is 7.69. The van der Waals surface area contributed by atoms with E-state index in [0.29, 0.717) is 29.4 Å². The van der Waals surface area contributed by atoms with E-state index in [1.54, 1.807) is 6.92 Å². The van der Waals surface area contributed by atoms with Crippen molar-refractivity contribution < 1.29 is 14.3 Å². The van der Waals surface area contributed by atoms with Crippen molar-refractivity contribution in [3.63, 3.8) is 0 Å². The Morgan fingerprint density at radius 3 is 2.84 bits per heavy atom. The number of nitrogens with zero attached hydrogens (tertiary/aromatic N) is 2. The zero-order valence-electron chi connectivity index (χ0n) is 18.8. The summed E-state index contributed by atoms with van der Waals surface area (Å²) in [4.78, 5) is 29.5. The summed E-state index contributed by atoms with van der Waals surface area (Å²) in [6.07, 6.45) is 10.1. The standard InChI is InChI=1S/C24H33N3O3S/c1-4-6-14-27-17(3)19(22(28)25-13-12-18-10-8-7-9-11-18)15-21(27)20-16-31-23(26-20)24(29)30-5-2/h10,15-16H,4-9,11-14H2,1-3H3,(H,25,28). The van der Waals surface area contributed by atoms with Crippen LogP contribution in [0.1, 0.15) is 84.6 Å². The van der Waals surface area contributed by atoms with Crippen molar-refractivity contribution in [2.24, 2.45) is 0 Å². The Bertz CT molecular complexity index is 942. The molecule has 0 aliphatic heterocycles. The SMILES string of the molecule is CCCCn1c(-c2csc(C(=O)OCC)n2)cc(C(=O)NCCC2=CCCCC2)c1C. The summed E-state index contributed by atoms with van der Waals surface area (Å²) < 4.78 is 7.21. The molecule has 1 aliphatic rings. The van der Waals surface area contributed by atoms with Gasteiger partial charge in [0.15, 0.2) is 0 Å². The first kappa shape index (κ1) is 23.3.